The van der Waals surface area contributed by atoms with Crippen LogP contribution in [-0.2, 0) is 25.6 Å². The number of hydrogen-bond acceptors (Lipinski definition) is 2. The molecule has 1 unspecified atom stereocenters. The van der Waals surface area contributed by atoms with E-state index in [0.29, 0.717) is 12.0 Å². The van der Waals surface area contributed by atoms with E-state index >= 15 is 0 Å². The summed E-state index contributed by atoms with van der Waals surface area (Å²) >= 11 is 0. The van der Waals surface area contributed by atoms with Gasteiger partial charge in [0.05, 0.1) is 11.3 Å². The Hall–Kier alpha value is -1.82. The zero-order valence-corrected chi connectivity index (χ0v) is 12.0. The highest BCUT2D eigenvalue weighted by Crippen LogP contribution is 2.30. The van der Waals surface area contributed by atoms with Crippen LogP contribution < -0.4 is 0 Å². The summed E-state index contributed by atoms with van der Waals surface area (Å²) in [5, 5.41) is 9.23. The van der Waals surface area contributed by atoms with E-state index in [4.69, 9.17) is 0 Å². The highest BCUT2D eigenvalue weighted by molar-refractivity contribution is 5.28. The molecule has 0 saturated carbocycles. The molecule has 0 spiro atoms. The van der Waals surface area contributed by atoms with Gasteiger partial charge in [-0.3, -0.25) is 0 Å². The van der Waals surface area contributed by atoms with Crippen molar-refractivity contribution < 1.29 is 18.3 Å². The number of nitrogens with zero attached hydrogens (tertiary/aromatic N) is 2. The summed E-state index contributed by atoms with van der Waals surface area (Å²) in [7, 11) is 0. The summed E-state index contributed by atoms with van der Waals surface area (Å²) in [4.78, 5) is 4.51. The van der Waals surface area contributed by atoms with Gasteiger partial charge in [0.2, 0.25) is 0 Å². The minimum absolute atomic E-state index is 0.153. The molecule has 1 aliphatic rings. The number of aliphatic hydroxyl groups is 1. The van der Waals surface area contributed by atoms with Gasteiger partial charge < -0.3 is 9.67 Å². The molecule has 22 heavy (non-hydrogen) atoms. The van der Waals surface area contributed by atoms with Gasteiger partial charge in [0.15, 0.2) is 0 Å². The second-order valence-electron chi connectivity index (χ2n) is 5.76. The van der Waals surface area contributed by atoms with Crippen LogP contribution >= 0.6 is 0 Å². The molecule has 118 valence electrons. The molecule has 2 heterocycles. The average Bonchev–Trinajstić information content (AvgIpc) is 2.87. The molecule has 0 fully saturated rings. The molecule has 0 bridgehead atoms. The Morgan fingerprint density at radius 3 is 2.86 bits per heavy atom. The first kappa shape index (κ1) is 15.1. The second kappa shape index (κ2) is 5.76. The van der Waals surface area contributed by atoms with Gasteiger partial charge in [0, 0.05) is 38.1 Å². The first-order valence-electron chi connectivity index (χ1n) is 7.27. The van der Waals surface area contributed by atoms with E-state index in [1.54, 1.807) is 6.07 Å². The number of fused-ring (bicyclic) bond motifs is 1. The fourth-order valence-electron chi connectivity index (χ4n) is 2.87. The Morgan fingerprint density at radius 2 is 2.14 bits per heavy atom. The summed E-state index contributed by atoms with van der Waals surface area (Å²) in [6, 6.07) is 5.36. The molecule has 0 amide bonds. The molecule has 1 aliphatic heterocycles. The number of aromatic nitrogens is 2. The summed E-state index contributed by atoms with van der Waals surface area (Å²) in [5.74, 6) is 1.19. The van der Waals surface area contributed by atoms with E-state index in [0.717, 1.165) is 37.0 Å². The largest absolute Gasteiger partial charge is 0.416 e. The van der Waals surface area contributed by atoms with Crippen molar-refractivity contribution in [3.8, 4) is 0 Å². The third-order valence-corrected chi connectivity index (χ3v) is 4.04. The molecule has 0 radical (unpaired) electrons. The minimum Gasteiger partial charge on any atom is -0.396 e. The summed E-state index contributed by atoms with van der Waals surface area (Å²) in [5.41, 5.74) is 0.742. The molecule has 2 aromatic rings. The zero-order chi connectivity index (χ0) is 15.7. The van der Waals surface area contributed by atoms with E-state index in [2.05, 4.69) is 4.98 Å². The molecule has 0 saturated heterocycles. The third kappa shape index (κ3) is 3.16. The highest BCUT2D eigenvalue weighted by atomic mass is 19.4. The van der Waals surface area contributed by atoms with Crippen LogP contribution in [0, 0.1) is 5.92 Å². The van der Waals surface area contributed by atoms with Crippen LogP contribution in [0.1, 0.15) is 29.1 Å². The van der Waals surface area contributed by atoms with Crippen LogP contribution in [-0.4, -0.2) is 21.3 Å². The van der Waals surface area contributed by atoms with Gasteiger partial charge in [-0.2, -0.15) is 13.2 Å². The van der Waals surface area contributed by atoms with Crippen LogP contribution in [0.5, 0.6) is 0 Å². The van der Waals surface area contributed by atoms with Crippen LogP contribution in [0.15, 0.2) is 30.5 Å². The molecule has 3 rings (SSSR count). The molecule has 0 aliphatic carbocycles. The summed E-state index contributed by atoms with van der Waals surface area (Å²) in [6.45, 7) is 0.877. The molecule has 1 aromatic carbocycles. The van der Waals surface area contributed by atoms with Gasteiger partial charge in [-0.25, -0.2) is 4.98 Å². The summed E-state index contributed by atoms with van der Waals surface area (Å²) in [6.07, 6.45) is -0.354. The van der Waals surface area contributed by atoms with Gasteiger partial charge in [-0.1, -0.05) is 18.2 Å². The number of benzene rings is 1. The SMILES string of the molecule is OCC1CCc2nc(Cc3cccc(C(F)(F)F)c3)cn2C1. The number of imidazole rings is 1. The quantitative estimate of drug-likeness (QED) is 0.946. The van der Waals surface area contributed by atoms with E-state index in [9.17, 15) is 18.3 Å². The molecule has 1 aromatic heterocycles. The summed E-state index contributed by atoms with van der Waals surface area (Å²) < 4.78 is 40.2. The molecule has 1 N–H and O–H groups in total. The Balaban J connectivity index is 1.79. The van der Waals surface area contributed by atoms with Gasteiger partial charge >= 0.3 is 6.18 Å². The zero-order valence-electron chi connectivity index (χ0n) is 12.0. The molecule has 3 nitrogen and oxygen atoms in total. The first-order valence-corrected chi connectivity index (χ1v) is 7.27. The molecular formula is C16H17F3N2O. The third-order valence-electron chi connectivity index (χ3n) is 4.04. The monoisotopic (exact) mass is 310 g/mol. The van der Waals surface area contributed by atoms with Gasteiger partial charge in [-0.05, 0) is 18.1 Å². The topological polar surface area (TPSA) is 38.1 Å². The number of hydrogen-bond donors (Lipinski definition) is 1. The van der Waals surface area contributed by atoms with Crippen molar-refractivity contribution in [3.63, 3.8) is 0 Å². The van der Waals surface area contributed by atoms with Crippen molar-refractivity contribution in [2.45, 2.75) is 32.0 Å². The minimum atomic E-state index is -4.32. The van der Waals surface area contributed by atoms with Crippen LogP contribution in [0.4, 0.5) is 13.2 Å². The smallest absolute Gasteiger partial charge is 0.396 e. The second-order valence-corrected chi connectivity index (χ2v) is 5.76. The predicted molar refractivity (Wildman–Crippen MR) is 75.4 cm³/mol. The Morgan fingerprint density at radius 1 is 1.32 bits per heavy atom. The van der Waals surface area contributed by atoms with Crippen molar-refractivity contribution in [3.05, 3.63) is 53.1 Å². The van der Waals surface area contributed by atoms with Crippen molar-refractivity contribution in [1.82, 2.24) is 9.55 Å². The lowest BCUT2D eigenvalue weighted by molar-refractivity contribution is -0.137. The van der Waals surface area contributed by atoms with E-state index < -0.39 is 11.7 Å². The van der Waals surface area contributed by atoms with E-state index in [1.165, 1.54) is 12.1 Å². The molecule has 6 heteroatoms. The Labute approximate surface area is 126 Å². The average molecular weight is 310 g/mol. The lowest BCUT2D eigenvalue weighted by Gasteiger charge is -2.21. The van der Waals surface area contributed by atoms with E-state index in [1.807, 2.05) is 10.8 Å². The first-order chi connectivity index (χ1) is 10.5. The van der Waals surface area contributed by atoms with Crippen molar-refractivity contribution >= 4 is 0 Å². The van der Waals surface area contributed by atoms with Crippen molar-refractivity contribution in [2.24, 2.45) is 5.92 Å². The van der Waals surface area contributed by atoms with Gasteiger partial charge in [0.1, 0.15) is 5.82 Å². The van der Waals surface area contributed by atoms with E-state index in [-0.39, 0.29) is 12.5 Å². The van der Waals surface area contributed by atoms with Crippen LogP contribution in [0.25, 0.3) is 0 Å². The maximum atomic E-state index is 12.7. The fourth-order valence-corrected chi connectivity index (χ4v) is 2.87. The fraction of sp³-hybridized carbons (Fsp3) is 0.438. The van der Waals surface area contributed by atoms with Crippen molar-refractivity contribution in [2.75, 3.05) is 6.61 Å². The predicted octanol–water partition coefficient (Wildman–Crippen LogP) is 3.05. The normalized spacial score (nSPS) is 18.3. The number of aryl methyl sites for hydroxylation is 1. The Kier molecular flexibility index (Phi) is 3.95. The molecule has 1 atom stereocenters. The van der Waals surface area contributed by atoms with Crippen molar-refractivity contribution in [1.29, 1.82) is 0 Å². The number of rotatable bonds is 3. The van der Waals surface area contributed by atoms with Crippen LogP contribution in [0.3, 0.4) is 0 Å². The maximum absolute atomic E-state index is 12.7. The molecular weight excluding hydrogens is 293 g/mol. The number of halogens is 3. The standard InChI is InChI=1S/C16H17F3N2O/c17-16(18,19)13-3-1-2-11(6-13)7-14-9-21-8-12(10-22)4-5-15(21)20-14/h1-3,6,9,12,22H,4-5,7-8,10H2. The lowest BCUT2D eigenvalue weighted by atomic mass is 10.0. The van der Waals surface area contributed by atoms with Crippen LogP contribution in [0.2, 0.25) is 0 Å². The Bertz CT molecular complexity index is 664. The highest BCUT2D eigenvalue weighted by Gasteiger charge is 2.30. The number of alkyl halides is 3. The van der Waals surface area contributed by atoms with Gasteiger partial charge in [-0.15, -0.1) is 0 Å². The number of aliphatic hydroxyl groups excluding tert-OH is 1. The maximum Gasteiger partial charge on any atom is 0.416 e. The lowest BCUT2D eigenvalue weighted by Crippen LogP contribution is -2.22. The van der Waals surface area contributed by atoms with Gasteiger partial charge in [0.25, 0.3) is 0 Å².